The van der Waals surface area contributed by atoms with Gasteiger partial charge in [-0.1, -0.05) is 11.6 Å². The molecule has 0 saturated heterocycles. The maximum atomic E-state index is 12.4. The Morgan fingerprint density at radius 1 is 1.17 bits per heavy atom. The van der Waals surface area contributed by atoms with Crippen molar-refractivity contribution in [3.63, 3.8) is 0 Å². The van der Waals surface area contributed by atoms with E-state index < -0.39 is 17.6 Å². The minimum atomic E-state index is -4.41. The van der Waals surface area contributed by atoms with Crippen molar-refractivity contribution in [3.8, 4) is 11.5 Å². The smallest absolute Gasteiger partial charge is 0.416 e. The van der Waals surface area contributed by atoms with E-state index in [-0.39, 0.29) is 12.4 Å². The van der Waals surface area contributed by atoms with Gasteiger partial charge in [0.1, 0.15) is 11.5 Å². The van der Waals surface area contributed by atoms with Crippen LogP contribution in [0.15, 0.2) is 42.5 Å². The predicted octanol–water partition coefficient (Wildman–Crippen LogP) is 4.38. The average molecular weight is 360 g/mol. The van der Waals surface area contributed by atoms with Crippen molar-refractivity contribution >= 4 is 23.2 Å². The van der Waals surface area contributed by atoms with Crippen LogP contribution in [-0.2, 0) is 11.0 Å². The van der Waals surface area contributed by atoms with Crippen LogP contribution in [0.4, 0.5) is 18.9 Å². The minimum absolute atomic E-state index is 0.158. The zero-order chi connectivity index (χ0) is 17.7. The molecule has 128 valence electrons. The van der Waals surface area contributed by atoms with E-state index in [4.69, 9.17) is 21.1 Å². The summed E-state index contributed by atoms with van der Waals surface area (Å²) in [5.41, 5.74) is -0.339. The molecule has 0 heterocycles. The minimum Gasteiger partial charge on any atom is -0.495 e. The first-order chi connectivity index (χ1) is 11.3. The summed E-state index contributed by atoms with van der Waals surface area (Å²) < 4.78 is 47.5. The van der Waals surface area contributed by atoms with E-state index in [1.807, 2.05) is 0 Å². The molecule has 0 spiro atoms. The molecule has 0 saturated carbocycles. The van der Waals surface area contributed by atoms with Crippen molar-refractivity contribution < 1.29 is 27.4 Å². The molecule has 4 nitrogen and oxygen atoms in total. The van der Waals surface area contributed by atoms with Crippen LogP contribution >= 0.6 is 11.6 Å². The number of halogens is 4. The van der Waals surface area contributed by atoms with Crippen LogP contribution in [0.1, 0.15) is 5.56 Å². The second-order valence-corrected chi connectivity index (χ2v) is 5.12. The van der Waals surface area contributed by atoms with Crippen LogP contribution in [0, 0.1) is 0 Å². The zero-order valence-electron chi connectivity index (χ0n) is 12.5. The molecule has 0 unspecified atom stereocenters. The van der Waals surface area contributed by atoms with Crippen molar-refractivity contribution in [2.24, 2.45) is 0 Å². The normalized spacial score (nSPS) is 11.0. The summed E-state index contributed by atoms with van der Waals surface area (Å²) >= 11 is 5.94. The van der Waals surface area contributed by atoms with Gasteiger partial charge < -0.3 is 14.8 Å². The Hall–Kier alpha value is -2.41. The van der Waals surface area contributed by atoms with E-state index in [1.54, 1.807) is 12.1 Å². The molecule has 8 heteroatoms. The molecule has 0 atom stereocenters. The summed E-state index contributed by atoms with van der Waals surface area (Å²) in [5, 5.41) is 2.89. The highest BCUT2D eigenvalue weighted by atomic mass is 35.5. The lowest BCUT2D eigenvalue weighted by Crippen LogP contribution is -2.20. The fourth-order valence-corrected chi connectivity index (χ4v) is 2.09. The number of alkyl halides is 3. The van der Waals surface area contributed by atoms with Gasteiger partial charge in [-0.3, -0.25) is 4.79 Å². The largest absolute Gasteiger partial charge is 0.495 e. The molecule has 1 N–H and O–H groups in total. The molecular weight excluding hydrogens is 347 g/mol. The maximum absolute atomic E-state index is 12.4. The van der Waals surface area contributed by atoms with E-state index in [0.29, 0.717) is 16.5 Å². The van der Waals surface area contributed by atoms with E-state index >= 15 is 0 Å². The molecule has 0 bridgehead atoms. The van der Waals surface area contributed by atoms with Crippen molar-refractivity contribution in [3.05, 3.63) is 53.1 Å². The number of nitrogens with one attached hydrogen (secondary N) is 1. The summed E-state index contributed by atoms with van der Waals surface area (Å²) in [4.78, 5) is 11.8. The maximum Gasteiger partial charge on any atom is 0.416 e. The predicted molar refractivity (Wildman–Crippen MR) is 83.6 cm³/mol. The van der Waals surface area contributed by atoms with Gasteiger partial charge in [-0.25, -0.2) is 0 Å². The quantitative estimate of drug-likeness (QED) is 0.861. The van der Waals surface area contributed by atoms with Crippen molar-refractivity contribution in [2.75, 3.05) is 19.0 Å². The van der Waals surface area contributed by atoms with Crippen LogP contribution in [0.2, 0.25) is 5.02 Å². The molecule has 0 fully saturated rings. The van der Waals surface area contributed by atoms with Crippen molar-refractivity contribution in [2.45, 2.75) is 6.18 Å². The van der Waals surface area contributed by atoms with Crippen LogP contribution in [0.3, 0.4) is 0 Å². The van der Waals surface area contributed by atoms with Crippen LogP contribution < -0.4 is 14.8 Å². The van der Waals surface area contributed by atoms with Gasteiger partial charge in [-0.15, -0.1) is 0 Å². The Balaban J connectivity index is 1.90. The second kappa shape index (κ2) is 7.44. The lowest BCUT2D eigenvalue weighted by molar-refractivity contribution is -0.137. The number of amides is 1. The first kappa shape index (κ1) is 17.9. The molecule has 0 aromatic heterocycles. The van der Waals surface area contributed by atoms with Crippen LogP contribution in [-0.4, -0.2) is 19.6 Å². The van der Waals surface area contributed by atoms with E-state index in [9.17, 15) is 18.0 Å². The molecule has 2 aromatic rings. The van der Waals surface area contributed by atoms with E-state index in [2.05, 4.69) is 5.32 Å². The zero-order valence-corrected chi connectivity index (χ0v) is 13.2. The SMILES string of the molecule is COc1ccc(NC(=O)COc2ccc(C(F)(F)F)cc2)cc1Cl. The number of benzene rings is 2. The number of anilines is 1. The number of hydrogen-bond acceptors (Lipinski definition) is 3. The fourth-order valence-electron chi connectivity index (χ4n) is 1.83. The number of ether oxygens (including phenoxy) is 2. The molecule has 0 radical (unpaired) electrons. The number of methoxy groups -OCH3 is 1. The molecular formula is C16H13ClF3NO3. The molecule has 2 aromatic carbocycles. The van der Waals surface area contributed by atoms with Gasteiger partial charge in [0.15, 0.2) is 6.61 Å². The van der Waals surface area contributed by atoms with Crippen molar-refractivity contribution in [1.82, 2.24) is 0 Å². The second-order valence-electron chi connectivity index (χ2n) is 4.71. The molecule has 0 aliphatic rings. The third-order valence-corrected chi connectivity index (χ3v) is 3.28. The summed E-state index contributed by atoms with van der Waals surface area (Å²) in [6.07, 6.45) is -4.41. The number of carbonyl (C=O) groups excluding carboxylic acids is 1. The fraction of sp³-hybridized carbons (Fsp3) is 0.188. The Morgan fingerprint density at radius 2 is 1.83 bits per heavy atom. The van der Waals surface area contributed by atoms with Gasteiger partial charge in [0.2, 0.25) is 0 Å². The first-order valence-corrected chi connectivity index (χ1v) is 7.11. The highest BCUT2D eigenvalue weighted by Gasteiger charge is 2.30. The lowest BCUT2D eigenvalue weighted by atomic mass is 10.2. The Labute approximate surface area is 141 Å². The summed E-state index contributed by atoms with van der Waals surface area (Å²) in [7, 11) is 1.47. The first-order valence-electron chi connectivity index (χ1n) is 6.73. The monoisotopic (exact) mass is 359 g/mol. The lowest BCUT2D eigenvalue weighted by Gasteiger charge is -2.10. The molecule has 24 heavy (non-hydrogen) atoms. The van der Waals surface area contributed by atoms with Gasteiger partial charge in [0.25, 0.3) is 5.91 Å². The van der Waals surface area contributed by atoms with E-state index in [1.165, 1.54) is 13.2 Å². The van der Waals surface area contributed by atoms with Crippen LogP contribution in [0.5, 0.6) is 11.5 Å². The van der Waals surface area contributed by atoms with Gasteiger partial charge in [0.05, 0.1) is 17.7 Å². The number of rotatable bonds is 5. The molecule has 1 amide bonds. The average Bonchev–Trinajstić information content (AvgIpc) is 2.53. The van der Waals surface area contributed by atoms with Crippen molar-refractivity contribution in [1.29, 1.82) is 0 Å². The summed E-state index contributed by atoms with van der Waals surface area (Å²) in [6, 6.07) is 8.78. The standard InChI is InChI=1S/C16H13ClF3NO3/c1-23-14-7-4-11(8-13(14)17)21-15(22)9-24-12-5-2-10(3-6-12)16(18,19)20/h2-8H,9H2,1H3,(H,21,22). The summed E-state index contributed by atoms with van der Waals surface area (Å²) in [6.45, 7) is -0.352. The molecule has 2 rings (SSSR count). The van der Waals surface area contributed by atoms with Crippen LogP contribution in [0.25, 0.3) is 0 Å². The van der Waals surface area contributed by atoms with Gasteiger partial charge >= 0.3 is 6.18 Å². The third-order valence-electron chi connectivity index (χ3n) is 2.99. The Morgan fingerprint density at radius 3 is 2.38 bits per heavy atom. The highest BCUT2D eigenvalue weighted by Crippen LogP contribution is 2.30. The third kappa shape index (κ3) is 4.79. The molecule has 0 aliphatic heterocycles. The number of carbonyl (C=O) groups is 1. The van der Waals surface area contributed by atoms with Gasteiger partial charge in [-0.2, -0.15) is 13.2 Å². The topological polar surface area (TPSA) is 47.6 Å². The van der Waals surface area contributed by atoms with Gasteiger partial charge in [-0.05, 0) is 42.5 Å². The molecule has 0 aliphatic carbocycles. The number of hydrogen-bond donors (Lipinski definition) is 1. The summed E-state index contributed by atoms with van der Waals surface area (Å²) in [5.74, 6) is 0.151. The van der Waals surface area contributed by atoms with E-state index in [0.717, 1.165) is 24.3 Å². The Kier molecular flexibility index (Phi) is 5.56. The Bertz CT molecular complexity index is 717. The highest BCUT2D eigenvalue weighted by molar-refractivity contribution is 6.32. The van der Waals surface area contributed by atoms with Gasteiger partial charge in [0, 0.05) is 5.69 Å².